The number of nitrogens with two attached hydrogens (primary N) is 2. The molecule has 6 rings (SSSR count). The molecule has 3 aliphatic heterocycles. The number of thiazole rings is 1. The zero-order valence-corrected chi connectivity index (χ0v) is 31.3. The Labute approximate surface area is 314 Å². The van der Waals surface area contributed by atoms with Crippen LogP contribution in [0.4, 0.5) is 10.9 Å². The highest BCUT2D eigenvalue weighted by atomic mass is 32.3. The molecule has 3 unspecified atom stereocenters. The number of hydrogen-bond donors (Lipinski definition) is 7. The predicted octanol–water partition coefficient (Wildman–Crippen LogP) is 0.0676. The van der Waals surface area contributed by atoms with E-state index in [2.05, 4.69) is 41.1 Å². The van der Waals surface area contributed by atoms with E-state index in [1.54, 1.807) is 6.07 Å². The molecule has 0 spiro atoms. The van der Waals surface area contributed by atoms with Gasteiger partial charge in [0.25, 0.3) is 23.2 Å². The Balaban J connectivity index is 1.21. The minimum Gasteiger partial charge on any atom is -0.485 e. The molecule has 3 aliphatic rings. The fraction of sp³-hybridized carbons (Fsp3) is 0.455. The van der Waals surface area contributed by atoms with E-state index < -0.39 is 57.2 Å². The number of aryl methyl sites for hydroxylation is 1. The number of pyridine rings is 1. The Kier molecular flexibility index (Phi) is 10.8. The SMILES string of the molecule is CC(O/N=C(\C(=O)NC1C(=O)N(OS(=O)(=O)O)C1(C)C)c1csc(N)n1)(C(=O)O)C1CCc2cc(-c3ccc(NCCN)[n+](CC4CNC4)c3)ccc2O1. The zero-order valence-electron chi connectivity index (χ0n) is 29.6. The molecule has 21 heteroatoms. The number of ether oxygens (including phenoxy) is 1. The summed E-state index contributed by atoms with van der Waals surface area (Å²) in [5.41, 5.74) is 10.2. The van der Waals surface area contributed by atoms with Crippen molar-refractivity contribution in [3.63, 3.8) is 0 Å². The van der Waals surface area contributed by atoms with Crippen molar-refractivity contribution in [2.45, 2.75) is 63.4 Å². The van der Waals surface area contributed by atoms with Crippen molar-refractivity contribution in [3.8, 4) is 16.9 Å². The normalized spacial score (nSPS) is 20.8. The molecule has 2 saturated heterocycles. The maximum absolute atomic E-state index is 13.5. The van der Waals surface area contributed by atoms with Gasteiger partial charge in [0.1, 0.15) is 17.5 Å². The van der Waals surface area contributed by atoms with Gasteiger partial charge in [-0.1, -0.05) is 11.2 Å². The van der Waals surface area contributed by atoms with Crippen molar-refractivity contribution < 1.29 is 50.9 Å². The molecule has 3 atom stereocenters. The highest BCUT2D eigenvalue weighted by Crippen LogP contribution is 2.37. The fourth-order valence-electron chi connectivity index (χ4n) is 6.34. The number of carboxylic acid groups (broad SMARTS) is 1. The number of hydrogen-bond acceptors (Lipinski definition) is 15. The molecule has 0 bridgehead atoms. The first-order valence-electron chi connectivity index (χ1n) is 17.0. The first-order chi connectivity index (χ1) is 25.5. The van der Waals surface area contributed by atoms with Gasteiger partial charge in [0.15, 0.2) is 16.9 Å². The van der Waals surface area contributed by atoms with Gasteiger partial charge in [-0.25, -0.2) is 14.3 Å². The number of fused-ring (bicyclic) bond motifs is 1. The Morgan fingerprint density at radius 2 is 2.00 bits per heavy atom. The van der Waals surface area contributed by atoms with Crippen LogP contribution in [0.1, 0.15) is 38.4 Å². The number of rotatable bonds is 15. The van der Waals surface area contributed by atoms with E-state index in [9.17, 15) is 27.9 Å². The van der Waals surface area contributed by atoms with Crippen LogP contribution in [0.5, 0.6) is 5.75 Å². The second kappa shape index (κ2) is 15.1. The number of aromatic nitrogens is 2. The highest BCUT2D eigenvalue weighted by Gasteiger charge is 2.58. The molecule has 0 aliphatic carbocycles. The maximum Gasteiger partial charge on any atom is 0.418 e. The number of amides is 2. The molecule has 9 N–H and O–H groups in total. The predicted molar refractivity (Wildman–Crippen MR) is 194 cm³/mol. The summed E-state index contributed by atoms with van der Waals surface area (Å²) in [5.74, 6) is -1.44. The van der Waals surface area contributed by atoms with Crippen LogP contribution < -0.4 is 36.7 Å². The van der Waals surface area contributed by atoms with Crippen LogP contribution in [0.2, 0.25) is 0 Å². The topological polar surface area (TPSA) is 274 Å². The lowest BCUT2D eigenvalue weighted by atomic mass is 9.84. The van der Waals surface area contributed by atoms with Crippen LogP contribution in [-0.2, 0) is 46.9 Å². The molecule has 54 heavy (non-hydrogen) atoms. The monoisotopic (exact) mass is 788 g/mol. The lowest BCUT2D eigenvalue weighted by molar-refractivity contribution is -0.690. The molecule has 19 nitrogen and oxygen atoms in total. The van der Waals surface area contributed by atoms with Crippen LogP contribution in [0.25, 0.3) is 11.1 Å². The van der Waals surface area contributed by atoms with Gasteiger partial charge in [0, 0.05) is 42.6 Å². The molecule has 1 aromatic carbocycles. The van der Waals surface area contributed by atoms with E-state index in [1.165, 1.54) is 26.2 Å². The van der Waals surface area contributed by atoms with Crippen molar-refractivity contribution in [1.29, 1.82) is 0 Å². The van der Waals surface area contributed by atoms with Crippen LogP contribution >= 0.6 is 11.3 Å². The lowest BCUT2D eigenvalue weighted by Crippen LogP contribution is -2.76. The van der Waals surface area contributed by atoms with Gasteiger partial charge in [0.2, 0.25) is 0 Å². The third-order valence-electron chi connectivity index (χ3n) is 9.60. The number of nitrogen functional groups attached to an aromatic ring is 1. The fourth-order valence-corrected chi connectivity index (χ4v) is 7.34. The summed E-state index contributed by atoms with van der Waals surface area (Å²) in [6, 6.07) is 8.43. The Bertz CT molecular complexity index is 2090. The molecule has 2 fully saturated rings. The average molecular weight is 789 g/mol. The second-order valence-electron chi connectivity index (χ2n) is 13.9. The molecule has 5 heterocycles. The molecule has 2 aromatic heterocycles. The number of carbonyl (C=O) groups excluding carboxylic acids is 2. The van der Waals surface area contributed by atoms with E-state index in [0.717, 1.165) is 53.5 Å². The summed E-state index contributed by atoms with van der Waals surface area (Å²) in [7, 11) is -5.03. The van der Waals surface area contributed by atoms with Crippen molar-refractivity contribution in [2.75, 3.05) is 37.2 Å². The van der Waals surface area contributed by atoms with E-state index in [0.29, 0.717) is 36.2 Å². The second-order valence-corrected chi connectivity index (χ2v) is 15.8. The molecular formula is C33H42N9O10S2+. The smallest absolute Gasteiger partial charge is 0.418 e. The first kappa shape index (κ1) is 38.8. The molecule has 0 saturated carbocycles. The Hall–Kier alpha value is -4.93. The first-order valence-corrected chi connectivity index (χ1v) is 19.3. The average Bonchev–Trinajstić information content (AvgIpc) is 3.54. The number of carbonyl (C=O) groups is 3. The van der Waals surface area contributed by atoms with Crippen LogP contribution in [0.15, 0.2) is 47.1 Å². The van der Waals surface area contributed by atoms with Gasteiger partial charge in [-0.3, -0.25) is 19.5 Å². The van der Waals surface area contributed by atoms with Gasteiger partial charge in [-0.15, -0.1) is 15.6 Å². The van der Waals surface area contributed by atoms with E-state index in [-0.39, 0.29) is 17.2 Å². The van der Waals surface area contributed by atoms with Crippen molar-refractivity contribution in [2.24, 2.45) is 16.8 Å². The van der Waals surface area contributed by atoms with E-state index in [1.807, 2.05) is 24.3 Å². The van der Waals surface area contributed by atoms with Crippen LogP contribution in [-0.4, -0.2) is 101 Å². The minimum absolute atomic E-state index is 0.0653. The van der Waals surface area contributed by atoms with Crippen LogP contribution in [0, 0.1) is 5.92 Å². The van der Waals surface area contributed by atoms with E-state index >= 15 is 0 Å². The summed E-state index contributed by atoms with van der Waals surface area (Å²) in [6.45, 7) is 7.95. The van der Waals surface area contributed by atoms with Gasteiger partial charge in [-0.05, 0) is 62.9 Å². The molecule has 2 amide bonds. The number of hydroxylamine groups is 2. The standard InChI is InChI=1S/C33H41N9O10S2/c1-32(2)27(29(44)42(32)52-54(47,48)49)39-28(43)26(22-17-53-31(35)38-22)40-51-33(3,30(45)46)24-8-5-20-12-19(4-7-23(20)50-24)21-6-9-25(37-11-10-34)41(16-21)15-18-13-36-14-18/h4,6-7,9,12,16-18,24,27,36H,5,8,10-11,13-15,34H2,1-3H3,(H5,35,38,39,43,45,46,47,48,49)/p+1/b40-26-. The van der Waals surface area contributed by atoms with E-state index in [4.69, 9.17) is 25.6 Å². The summed E-state index contributed by atoms with van der Waals surface area (Å²) in [5, 5.41) is 25.3. The van der Waals surface area contributed by atoms with Gasteiger partial charge >= 0.3 is 16.4 Å². The minimum atomic E-state index is -5.03. The quantitative estimate of drug-likeness (QED) is 0.0353. The molecule has 290 valence electrons. The third-order valence-corrected chi connectivity index (χ3v) is 10.6. The number of carboxylic acids is 1. The number of oxime groups is 1. The van der Waals surface area contributed by atoms with Crippen molar-refractivity contribution in [3.05, 3.63) is 53.2 Å². The molecular weight excluding hydrogens is 747 g/mol. The lowest BCUT2D eigenvalue weighted by Gasteiger charge is -2.50. The van der Waals surface area contributed by atoms with Crippen LogP contribution in [0.3, 0.4) is 0 Å². The number of nitrogens with one attached hydrogen (secondary N) is 3. The summed E-state index contributed by atoms with van der Waals surface area (Å²) >= 11 is 0.974. The summed E-state index contributed by atoms with van der Waals surface area (Å²) in [6.07, 6.45) is 1.73. The van der Waals surface area contributed by atoms with Gasteiger partial charge in [0.05, 0.1) is 24.8 Å². The number of benzene rings is 1. The number of β-lactam (4-membered cyclic amide) rings is 1. The number of aliphatic carboxylic acids is 1. The van der Waals surface area contributed by atoms with Crippen molar-refractivity contribution in [1.82, 2.24) is 20.7 Å². The number of nitrogens with zero attached hydrogens (tertiary/aromatic N) is 4. The molecule has 3 aromatic rings. The summed E-state index contributed by atoms with van der Waals surface area (Å²) < 4.78 is 44.2. The largest absolute Gasteiger partial charge is 0.485 e. The maximum atomic E-state index is 13.5. The zero-order chi connectivity index (χ0) is 39.0. The highest BCUT2D eigenvalue weighted by molar-refractivity contribution is 7.80. The summed E-state index contributed by atoms with van der Waals surface area (Å²) in [4.78, 5) is 48.7. The Morgan fingerprint density at radius 3 is 2.61 bits per heavy atom. The Morgan fingerprint density at radius 1 is 1.26 bits per heavy atom. The van der Waals surface area contributed by atoms with Gasteiger partial charge < -0.3 is 36.8 Å². The van der Waals surface area contributed by atoms with Gasteiger partial charge in [-0.2, -0.15) is 13.5 Å². The van der Waals surface area contributed by atoms with Crippen molar-refractivity contribution >= 4 is 56.2 Å². The number of anilines is 2. The third kappa shape index (κ3) is 7.95. The molecule has 0 radical (unpaired) electrons.